The Bertz CT molecular complexity index is 693. The molecule has 0 radical (unpaired) electrons. The summed E-state index contributed by atoms with van der Waals surface area (Å²) in [6, 6.07) is 6.83. The van der Waals surface area contributed by atoms with E-state index in [4.69, 9.17) is 0 Å². The summed E-state index contributed by atoms with van der Waals surface area (Å²) in [6.45, 7) is 3.79. The highest BCUT2D eigenvalue weighted by Crippen LogP contribution is 2.32. The Kier molecular flexibility index (Phi) is 4.13. The fourth-order valence-electron chi connectivity index (χ4n) is 3.70. The van der Waals surface area contributed by atoms with E-state index >= 15 is 0 Å². The molecule has 2 aliphatic heterocycles. The van der Waals surface area contributed by atoms with Crippen molar-refractivity contribution < 1.29 is 4.39 Å². The van der Waals surface area contributed by atoms with E-state index in [1.165, 1.54) is 12.6 Å². The molecule has 6 heteroatoms. The van der Waals surface area contributed by atoms with Gasteiger partial charge in [-0.25, -0.2) is 4.39 Å². The number of rotatable bonds is 4. The molecule has 2 bridgehead atoms. The molecule has 0 amide bonds. The standard InChI is InChI=1S/C17H18BrFN4/c18-13-1-2-15(21-6-13)9-23-11-16-4-17(23)10-22(16)8-12-3-14(19)7-20-5-12/h1-3,5-7,16-17H,4,8-11H2. The second kappa shape index (κ2) is 6.26. The molecular formula is C17H18BrFN4. The average molecular weight is 377 g/mol. The summed E-state index contributed by atoms with van der Waals surface area (Å²) in [5.41, 5.74) is 2.07. The molecule has 0 saturated carbocycles. The maximum Gasteiger partial charge on any atom is 0.141 e. The minimum absolute atomic E-state index is 0.255. The van der Waals surface area contributed by atoms with Crippen LogP contribution in [0.15, 0.2) is 41.3 Å². The SMILES string of the molecule is Fc1cncc(CN2CC3CC2CN3Cc2ccc(Br)cn2)c1. The van der Waals surface area contributed by atoms with Crippen LogP contribution in [0.4, 0.5) is 4.39 Å². The van der Waals surface area contributed by atoms with Gasteiger partial charge in [0.05, 0.1) is 11.9 Å². The first kappa shape index (κ1) is 15.2. The van der Waals surface area contributed by atoms with Gasteiger partial charge in [-0.3, -0.25) is 19.8 Å². The Labute approximate surface area is 143 Å². The average Bonchev–Trinajstić information content (AvgIpc) is 3.09. The fourth-order valence-corrected chi connectivity index (χ4v) is 3.94. The quantitative estimate of drug-likeness (QED) is 0.821. The summed E-state index contributed by atoms with van der Waals surface area (Å²) in [5.74, 6) is -0.255. The van der Waals surface area contributed by atoms with Crippen molar-refractivity contribution in [3.8, 4) is 0 Å². The van der Waals surface area contributed by atoms with Crippen LogP contribution < -0.4 is 0 Å². The van der Waals surface area contributed by atoms with Gasteiger partial charge < -0.3 is 0 Å². The van der Waals surface area contributed by atoms with E-state index in [0.717, 1.165) is 41.9 Å². The van der Waals surface area contributed by atoms with Crippen molar-refractivity contribution in [2.75, 3.05) is 13.1 Å². The van der Waals surface area contributed by atoms with Crippen LogP contribution in [-0.2, 0) is 13.1 Å². The number of nitrogens with zero attached hydrogens (tertiary/aromatic N) is 4. The lowest BCUT2D eigenvalue weighted by Gasteiger charge is -2.34. The second-order valence-electron chi connectivity index (χ2n) is 6.38. The van der Waals surface area contributed by atoms with E-state index in [9.17, 15) is 4.39 Å². The monoisotopic (exact) mass is 376 g/mol. The van der Waals surface area contributed by atoms with Crippen LogP contribution in [0.2, 0.25) is 0 Å². The third-order valence-electron chi connectivity index (χ3n) is 4.77. The molecule has 2 fully saturated rings. The first-order valence-electron chi connectivity index (χ1n) is 7.85. The van der Waals surface area contributed by atoms with Crippen LogP contribution in [0.3, 0.4) is 0 Å². The highest BCUT2D eigenvalue weighted by molar-refractivity contribution is 9.10. The largest absolute Gasteiger partial charge is 0.293 e. The highest BCUT2D eigenvalue weighted by atomic mass is 79.9. The molecule has 0 N–H and O–H groups in total. The van der Waals surface area contributed by atoms with E-state index in [1.54, 1.807) is 12.3 Å². The van der Waals surface area contributed by atoms with Crippen LogP contribution in [0.25, 0.3) is 0 Å². The molecule has 2 saturated heterocycles. The predicted octanol–water partition coefficient (Wildman–Crippen LogP) is 2.84. The second-order valence-corrected chi connectivity index (χ2v) is 7.30. The first-order valence-corrected chi connectivity index (χ1v) is 8.64. The van der Waals surface area contributed by atoms with Crippen molar-refractivity contribution in [3.63, 3.8) is 0 Å². The third-order valence-corrected chi connectivity index (χ3v) is 5.24. The number of hydrogen-bond acceptors (Lipinski definition) is 4. The van der Waals surface area contributed by atoms with Crippen LogP contribution in [0.1, 0.15) is 17.7 Å². The van der Waals surface area contributed by atoms with Gasteiger partial charge in [0.1, 0.15) is 5.82 Å². The van der Waals surface area contributed by atoms with Gasteiger partial charge in [-0.05, 0) is 46.1 Å². The van der Waals surface area contributed by atoms with E-state index in [0.29, 0.717) is 12.1 Å². The lowest BCUT2D eigenvalue weighted by molar-refractivity contribution is 0.117. The molecule has 120 valence electrons. The van der Waals surface area contributed by atoms with Gasteiger partial charge in [0.2, 0.25) is 0 Å². The van der Waals surface area contributed by atoms with Crippen LogP contribution in [-0.4, -0.2) is 44.9 Å². The maximum absolute atomic E-state index is 13.3. The molecule has 2 atom stereocenters. The van der Waals surface area contributed by atoms with Crippen molar-refractivity contribution >= 4 is 15.9 Å². The molecule has 4 nitrogen and oxygen atoms in total. The Morgan fingerprint density at radius 1 is 1.09 bits per heavy atom. The van der Waals surface area contributed by atoms with Crippen molar-refractivity contribution in [1.82, 2.24) is 19.8 Å². The third kappa shape index (κ3) is 3.29. The molecular weight excluding hydrogens is 359 g/mol. The van der Waals surface area contributed by atoms with E-state index in [-0.39, 0.29) is 5.82 Å². The molecule has 0 aromatic carbocycles. The predicted molar refractivity (Wildman–Crippen MR) is 89.1 cm³/mol. The summed E-state index contributed by atoms with van der Waals surface area (Å²) in [7, 11) is 0. The van der Waals surface area contributed by atoms with Crippen molar-refractivity contribution in [1.29, 1.82) is 0 Å². The summed E-state index contributed by atoms with van der Waals surface area (Å²) in [6.07, 6.45) is 6.07. The van der Waals surface area contributed by atoms with Gasteiger partial charge in [0.15, 0.2) is 0 Å². The number of aromatic nitrogens is 2. The summed E-state index contributed by atoms with van der Waals surface area (Å²) in [4.78, 5) is 13.4. The summed E-state index contributed by atoms with van der Waals surface area (Å²) in [5, 5.41) is 0. The van der Waals surface area contributed by atoms with Gasteiger partial charge in [-0.15, -0.1) is 0 Å². The number of likely N-dealkylation sites (tertiary alicyclic amines) is 2. The topological polar surface area (TPSA) is 32.3 Å². The fraction of sp³-hybridized carbons (Fsp3) is 0.412. The van der Waals surface area contributed by atoms with Gasteiger partial charge in [-0.1, -0.05) is 0 Å². The van der Waals surface area contributed by atoms with Crippen LogP contribution >= 0.6 is 15.9 Å². The van der Waals surface area contributed by atoms with Gasteiger partial charge in [0.25, 0.3) is 0 Å². The zero-order chi connectivity index (χ0) is 15.8. The minimum Gasteiger partial charge on any atom is -0.293 e. The molecule has 0 spiro atoms. The Morgan fingerprint density at radius 2 is 1.87 bits per heavy atom. The minimum atomic E-state index is -0.255. The molecule has 0 aliphatic carbocycles. The highest BCUT2D eigenvalue weighted by Gasteiger charge is 2.42. The molecule has 4 heterocycles. The van der Waals surface area contributed by atoms with Gasteiger partial charge in [-0.2, -0.15) is 0 Å². The van der Waals surface area contributed by atoms with Crippen LogP contribution in [0, 0.1) is 5.82 Å². The molecule has 2 aromatic rings. The normalized spacial score (nSPS) is 24.4. The maximum atomic E-state index is 13.3. The molecule has 2 aliphatic rings. The number of halogens is 2. The summed E-state index contributed by atoms with van der Waals surface area (Å²) < 4.78 is 14.3. The van der Waals surface area contributed by atoms with Crippen molar-refractivity contribution in [2.24, 2.45) is 0 Å². The van der Waals surface area contributed by atoms with Crippen LogP contribution in [0.5, 0.6) is 0 Å². The first-order chi connectivity index (χ1) is 11.2. The zero-order valence-electron chi connectivity index (χ0n) is 12.7. The van der Waals surface area contributed by atoms with E-state index in [2.05, 4.69) is 41.8 Å². The van der Waals surface area contributed by atoms with E-state index in [1.807, 2.05) is 12.3 Å². The lowest BCUT2D eigenvalue weighted by Crippen LogP contribution is -2.45. The number of fused-ring (bicyclic) bond motifs is 2. The molecule has 2 aromatic heterocycles. The zero-order valence-corrected chi connectivity index (χ0v) is 14.3. The van der Waals surface area contributed by atoms with Gasteiger partial charge >= 0.3 is 0 Å². The van der Waals surface area contributed by atoms with E-state index < -0.39 is 0 Å². The molecule has 4 rings (SSSR count). The van der Waals surface area contributed by atoms with Crippen molar-refractivity contribution in [3.05, 3.63) is 58.3 Å². The summed E-state index contributed by atoms with van der Waals surface area (Å²) >= 11 is 3.42. The Balaban J connectivity index is 1.37. The number of pyridine rings is 2. The number of hydrogen-bond donors (Lipinski definition) is 0. The lowest BCUT2D eigenvalue weighted by atomic mass is 10.2. The van der Waals surface area contributed by atoms with Crippen molar-refractivity contribution in [2.45, 2.75) is 31.6 Å². The molecule has 23 heavy (non-hydrogen) atoms. The molecule has 2 unspecified atom stereocenters. The van der Waals surface area contributed by atoms with Gasteiger partial charge in [0, 0.05) is 55.1 Å². The number of piperazine rings is 1. The Hall–Kier alpha value is -1.37. The Morgan fingerprint density at radius 3 is 2.52 bits per heavy atom. The smallest absolute Gasteiger partial charge is 0.141 e.